The predicted octanol–water partition coefficient (Wildman–Crippen LogP) is 8.51. The van der Waals surface area contributed by atoms with Gasteiger partial charge in [0.2, 0.25) is 5.91 Å². The molecule has 3 aliphatic heterocycles. The summed E-state index contributed by atoms with van der Waals surface area (Å²) in [7, 11) is 1.53. The zero-order chi connectivity index (χ0) is 39.5. The average Bonchev–Trinajstić information content (AvgIpc) is 3.75. The van der Waals surface area contributed by atoms with Gasteiger partial charge in [-0.1, -0.05) is 73.5 Å². The molecule has 0 bridgehead atoms. The summed E-state index contributed by atoms with van der Waals surface area (Å²) in [5.74, 6) is -1.82. The molecule has 0 unspecified atom stereocenters. The number of halogens is 3. The van der Waals surface area contributed by atoms with Crippen molar-refractivity contribution in [3.63, 3.8) is 0 Å². The van der Waals surface area contributed by atoms with Crippen molar-refractivity contribution in [3.05, 3.63) is 119 Å². The van der Waals surface area contributed by atoms with Crippen LogP contribution in [0.1, 0.15) is 61.3 Å². The maximum atomic E-state index is 16.4. The molecule has 8 rings (SSSR count). The molecule has 57 heavy (non-hydrogen) atoms. The molecular formula is C45H49F3N4O5. The van der Waals surface area contributed by atoms with E-state index in [1.807, 2.05) is 65.6 Å². The number of piperazine rings is 1. The standard InChI is InChI=1S/C45H49F3N4O5/c1-55-40-27-38(50-18-14-31(15-19-50)28-49-20-22-51(23-21-49)44(54)57-30-33-12-6-3-7-13-33)36(47)26-35(40)42-45(16-8-9-17-45)43(53)52(42)39-25-34(46)24-37(48)41(39)56-29-32-10-4-2-5-11-32/h2-7,10-13,24-27,31,42H,8-9,14-23,28-30H2,1H3/t42-/m0/s1. The third kappa shape index (κ3) is 7.88. The van der Waals surface area contributed by atoms with Gasteiger partial charge < -0.3 is 24.0 Å². The molecule has 0 N–H and O–H groups in total. The number of β-lactam (4-membered cyclic amide) rings is 1. The summed E-state index contributed by atoms with van der Waals surface area (Å²) in [6.45, 7) is 5.30. The summed E-state index contributed by atoms with van der Waals surface area (Å²) in [5, 5.41) is 0. The van der Waals surface area contributed by atoms with E-state index in [1.54, 1.807) is 11.0 Å². The van der Waals surface area contributed by atoms with E-state index in [0.29, 0.717) is 61.9 Å². The van der Waals surface area contributed by atoms with Crippen LogP contribution in [-0.2, 0) is 22.7 Å². The highest BCUT2D eigenvalue weighted by Gasteiger charge is 2.63. The van der Waals surface area contributed by atoms with Crippen LogP contribution in [0.3, 0.4) is 0 Å². The van der Waals surface area contributed by atoms with Crippen molar-refractivity contribution in [2.45, 2.75) is 57.8 Å². The SMILES string of the molecule is COc1cc(N2CCC(CN3CCN(C(=O)OCc4ccccc4)CC3)CC2)c(F)cc1[C@@H]1N(c2cc(F)cc(F)c2OCc2ccccc2)C(=O)C12CCCC2. The van der Waals surface area contributed by atoms with Crippen molar-refractivity contribution in [3.8, 4) is 11.5 Å². The molecule has 4 aromatic carbocycles. The molecule has 3 heterocycles. The van der Waals surface area contributed by atoms with E-state index in [1.165, 1.54) is 18.1 Å². The van der Waals surface area contributed by atoms with Gasteiger partial charge in [-0.3, -0.25) is 14.6 Å². The number of nitrogens with zero attached hydrogens (tertiary/aromatic N) is 4. The molecule has 12 heteroatoms. The van der Waals surface area contributed by atoms with Gasteiger partial charge in [-0.05, 0) is 48.8 Å². The number of carbonyl (C=O) groups excluding carboxylic acids is 2. The lowest BCUT2D eigenvalue weighted by atomic mass is 9.66. The summed E-state index contributed by atoms with van der Waals surface area (Å²) >= 11 is 0. The fraction of sp³-hybridized carbons (Fsp3) is 0.422. The number of hydrogen-bond donors (Lipinski definition) is 0. The molecule has 4 aromatic rings. The Morgan fingerprint density at radius 1 is 0.772 bits per heavy atom. The minimum absolute atomic E-state index is 0.0141. The van der Waals surface area contributed by atoms with Crippen LogP contribution in [0.2, 0.25) is 0 Å². The van der Waals surface area contributed by atoms with E-state index in [4.69, 9.17) is 14.2 Å². The topological polar surface area (TPSA) is 74.8 Å². The molecule has 4 aliphatic rings. The molecule has 1 saturated carbocycles. The van der Waals surface area contributed by atoms with Crippen molar-refractivity contribution in [2.24, 2.45) is 11.3 Å². The van der Waals surface area contributed by atoms with E-state index in [2.05, 4.69) is 4.90 Å². The summed E-state index contributed by atoms with van der Waals surface area (Å²) in [6, 6.07) is 23.2. The molecule has 1 atom stereocenters. The number of carbonyl (C=O) groups is 2. The summed E-state index contributed by atoms with van der Waals surface area (Å²) in [4.78, 5) is 34.4. The van der Waals surface area contributed by atoms with Gasteiger partial charge in [-0.25, -0.2) is 18.0 Å². The molecule has 1 aliphatic carbocycles. The van der Waals surface area contributed by atoms with Gasteiger partial charge in [0, 0.05) is 69.6 Å². The van der Waals surface area contributed by atoms with Crippen molar-refractivity contribution < 1.29 is 37.0 Å². The summed E-state index contributed by atoms with van der Waals surface area (Å²) in [5.41, 5.74) is 1.78. The van der Waals surface area contributed by atoms with Gasteiger partial charge in [-0.2, -0.15) is 0 Å². The predicted molar refractivity (Wildman–Crippen MR) is 211 cm³/mol. The van der Waals surface area contributed by atoms with Crippen LogP contribution in [0.4, 0.5) is 29.3 Å². The Morgan fingerprint density at radius 2 is 1.42 bits per heavy atom. The quantitative estimate of drug-likeness (QED) is 0.141. The molecule has 9 nitrogen and oxygen atoms in total. The van der Waals surface area contributed by atoms with Gasteiger partial charge in [-0.15, -0.1) is 0 Å². The van der Waals surface area contributed by atoms with Gasteiger partial charge in [0.1, 0.15) is 30.6 Å². The van der Waals surface area contributed by atoms with E-state index in [0.717, 1.165) is 68.6 Å². The first kappa shape index (κ1) is 38.6. The van der Waals surface area contributed by atoms with Crippen molar-refractivity contribution in [1.29, 1.82) is 0 Å². The largest absolute Gasteiger partial charge is 0.496 e. The lowest BCUT2D eigenvalue weighted by Crippen LogP contribution is -2.62. The van der Waals surface area contributed by atoms with Crippen molar-refractivity contribution in [2.75, 3.05) is 62.7 Å². The molecular weight excluding hydrogens is 734 g/mol. The van der Waals surface area contributed by atoms with Gasteiger partial charge in [0.05, 0.1) is 29.9 Å². The van der Waals surface area contributed by atoms with Crippen LogP contribution in [0.5, 0.6) is 11.5 Å². The number of ether oxygens (including phenoxy) is 3. The number of rotatable bonds is 11. The zero-order valence-corrected chi connectivity index (χ0v) is 32.3. The molecule has 3 saturated heterocycles. The number of piperidine rings is 1. The first-order valence-corrected chi connectivity index (χ1v) is 20.0. The first-order chi connectivity index (χ1) is 27.7. The Morgan fingerprint density at radius 3 is 2.07 bits per heavy atom. The van der Waals surface area contributed by atoms with E-state index >= 15 is 8.78 Å². The second-order valence-corrected chi connectivity index (χ2v) is 15.8. The van der Waals surface area contributed by atoms with Crippen LogP contribution in [-0.4, -0.2) is 74.7 Å². The number of anilines is 2. The van der Waals surface area contributed by atoms with Gasteiger partial charge in [0.15, 0.2) is 11.6 Å². The Hall–Kier alpha value is -5.23. The molecule has 0 aromatic heterocycles. The highest BCUT2D eigenvalue weighted by atomic mass is 19.1. The highest BCUT2D eigenvalue weighted by molar-refractivity contribution is 6.07. The van der Waals surface area contributed by atoms with E-state index < -0.39 is 28.9 Å². The molecule has 4 fully saturated rings. The Labute approximate surface area is 331 Å². The molecule has 1 spiro atoms. The Balaban J connectivity index is 0.941. The molecule has 300 valence electrons. The maximum absolute atomic E-state index is 16.4. The highest BCUT2D eigenvalue weighted by Crippen LogP contribution is 2.63. The minimum atomic E-state index is -0.918. The molecule has 2 amide bonds. The van der Waals surface area contributed by atoms with Crippen LogP contribution < -0.4 is 19.3 Å². The van der Waals surface area contributed by atoms with E-state index in [9.17, 15) is 14.0 Å². The third-order valence-electron chi connectivity index (χ3n) is 12.3. The Bertz CT molecular complexity index is 2050. The lowest BCUT2D eigenvalue weighted by molar-refractivity contribution is -0.139. The number of amides is 2. The number of methoxy groups -OCH3 is 1. The van der Waals surface area contributed by atoms with Crippen LogP contribution in [0.15, 0.2) is 84.9 Å². The van der Waals surface area contributed by atoms with Crippen molar-refractivity contribution >= 4 is 23.4 Å². The van der Waals surface area contributed by atoms with Crippen LogP contribution in [0, 0.1) is 28.8 Å². The fourth-order valence-corrected chi connectivity index (χ4v) is 9.27. The van der Waals surface area contributed by atoms with Crippen LogP contribution in [0.25, 0.3) is 0 Å². The van der Waals surface area contributed by atoms with Gasteiger partial charge in [0.25, 0.3) is 0 Å². The van der Waals surface area contributed by atoms with Crippen molar-refractivity contribution in [1.82, 2.24) is 9.80 Å². The van der Waals surface area contributed by atoms with Crippen LogP contribution >= 0.6 is 0 Å². The molecule has 0 radical (unpaired) electrons. The third-order valence-corrected chi connectivity index (χ3v) is 12.3. The van der Waals surface area contributed by atoms with Gasteiger partial charge >= 0.3 is 6.09 Å². The summed E-state index contributed by atoms with van der Waals surface area (Å²) < 4.78 is 64.2. The fourth-order valence-electron chi connectivity index (χ4n) is 9.27. The number of benzene rings is 4. The summed E-state index contributed by atoms with van der Waals surface area (Å²) in [6.07, 6.45) is 4.28. The normalized spacial score (nSPS) is 19.8. The monoisotopic (exact) mass is 782 g/mol. The zero-order valence-electron chi connectivity index (χ0n) is 32.3. The maximum Gasteiger partial charge on any atom is 0.410 e. The first-order valence-electron chi connectivity index (χ1n) is 20.0. The lowest BCUT2D eigenvalue weighted by Gasteiger charge is -2.55. The Kier molecular flexibility index (Phi) is 11.3. The van der Waals surface area contributed by atoms with E-state index in [-0.39, 0.29) is 36.7 Å². The smallest absolute Gasteiger partial charge is 0.410 e. The number of hydrogen-bond acceptors (Lipinski definition) is 7. The second-order valence-electron chi connectivity index (χ2n) is 15.8. The minimum Gasteiger partial charge on any atom is -0.496 e. The second kappa shape index (κ2) is 16.7. The average molecular weight is 783 g/mol.